The Morgan fingerprint density at radius 3 is 2.88 bits per heavy atom. The molecule has 1 aliphatic heterocycles. The maximum absolute atomic E-state index is 5.90. The predicted octanol–water partition coefficient (Wildman–Crippen LogP) is 2.96. The van der Waals surface area contributed by atoms with E-state index in [1.807, 2.05) is 6.07 Å². The lowest BCUT2D eigenvalue weighted by molar-refractivity contribution is -0.0998. The van der Waals surface area contributed by atoms with Crippen LogP contribution in [-0.2, 0) is 11.2 Å². The lowest BCUT2D eigenvalue weighted by Crippen LogP contribution is -2.53. The molecule has 16 heavy (non-hydrogen) atoms. The highest BCUT2D eigenvalue weighted by Gasteiger charge is 2.30. The third kappa shape index (κ3) is 2.84. The van der Waals surface area contributed by atoms with Crippen LogP contribution in [0.2, 0.25) is 0 Å². The molecule has 0 bridgehead atoms. The zero-order valence-corrected chi connectivity index (χ0v) is 11.4. The van der Waals surface area contributed by atoms with Crippen molar-refractivity contribution in [2.75, 3.05) is 13.2 Å². The van der Waals surface area contributed by atoms with Crippen molar-refractivity contribution in [3.8, 4) is 0 Å². The minimum Gasteiger partial charge on any atom is -0.360 e. The molecule has 1 heterocycles. The number of nitrogens with one attached hydrogen (secondary N) is 1. The number of ether oxygens (including phenoxy) is 1. The van der Waals surface area contributed by atoms with Crippen LogP contribution in [0.15, 0.2) is 28.7 Å². The maximum Gasteiger partial charge on any atom is 0.120 e. The Kier molecular flexibility index (Phi) is 3.67. The molecule has 0 spiro atoms. The summed E-state index contributed by atoms with van der Waals surface area (Å²) in [6, 6.07) is 8.31. The fourth-order valence-electron chi connectivity index (χ4n) is 1.94. The Hall–Kier alpha value is -0.380. The van der Waals surface area contributed by atoms with Crippen molar-refractivity contribution >= 4 is 15.9 Å². The molecule has 1 fully saturated rings. The summed E-state index contributed by atoms with van der Waals surface area (Å²) in [5.41, 5.74) is 1.06. The molecule has 1 aliphatic rings. The van der Waals surface area contributed by atoms with Gasteiger partial charge in [-0.15, -0.1) is 0 Å². The van der Waals surface area contributed by atoms with Crippen molar-refractivity contribution in [3.63, 3.8) is 0 Å². The number of halogens is 1. The summed E-state index contributed by atoms with van der Waals surface area (Å²) >= 11 is 3.58. The Bertz CT molecular complexity index is 359. The third-order valence-electron chi connectivity index (χ3n) is 3.00. The summed E-state index contributed by atoms with van der Waals surface area (Å²) < 4.78 is 7.06. The average Bonchev–Trinajstić information content (AvgIpc) is 2.27. The molecule has 88 valence electrons. The first-order valence-electron chi connectivity index (χ1n) is 5.71. The average molecular weight is 284 g/mol. The van der Waals surface area contributed by atoms with Crippen LogP contribution in [0.25, 0.3) is 0 Å². The lowest BCUT2D eigenvalue weighted by atomic mass is 10.0. The van der Waals surface area contributed by atoms with E-state index in [0.717, 1.165) is 24.0 Å². The van der Waals surface area contributed by atoms with E-state index in [2.05, 4.69) is 53.3 Å². The summed E-state index contributed by atoms with van der Waals surface area (Å²) in [6.45, 7) is 6.19. The molecule has 1 N–H and O–H groups in total. The molecule has 1 aromatic carbocycles. The zero-order chi connectivity index (χ0) is 11.6. The van der Waals surface area contributed by atoms with Crippen LogP contribution in [-0.4, -0.2) is 18.9 Å². The molecule has 3 heteroatoms. The van der Waals surface area contributed by atoms with E-state index in [9.17, 15) is 0 Å². The summed E-state index contributed by atoms with van der Waals surface area (Å²) in [5.74, 6) is 0.604. The Labute approximate surface area is 106 Å². The van der Waals surface area contributed by atoms with Crippen molar-refractivity contribution < 1.29 is 4.74 Å². The molecule has 0 aliphatic carbocycles. The minimum atomic E-state index is -0.226. The van der Waals surface area contributed by atoms with Crippen LogP contribution in [0.1, 0.15) is 19.4 Å². The highest BCUT2D eigenvalue weighted by atomic mass is 79.9. The number of hydrogen-bond acceptors (Lipinski definition) is 2. The molecule has 1 aromatic rings. The SMILES string of the molecule is CC1CNC(C)(Cc2ccccc2Br)OC1. The first kappa shape index (κ1) is 12.1. The van der Waals surface area contributed by atoms with E-state index in [4.69, 9.17) is 4.74 Å². The molecule has 0 radical (unpaired) electrons. The van der Waals surface area contributed by atoms with Gasteiger partial charge < -0.3 is 4.74 Å². The molecule has 2 nitrogen and oxygen atoms in total. The standard InChI is InChI=1S/C13H18BrNO/c1-10-8-15-13(2,16-9-10)7-11-5-3-4-6-12(11)14/h3-6,10,15H,7-9H2,1-2H3. The van der Waals surface area contributed by atoms with Gasteiger partial charge in [0.25, 0.3) is 0 Å². The van der Waals surface area contributed by atoms with E-state index in [1.54, 1.807) is 0 Å². The van der Waals surface area contributed by atoms with Gasteiger partial charge in [0, 0.05) is 17.4 Å². The second kappa shape index (κ2) is 4.86. The molecule has 0 aromatic heterocycles. The minimum absolute atomic E-state index is 0.226. The fraction of sp³-hybridized carbons (Fsp3) is 0.538. The first-order valence-corrected chi connectivity index (χ1v) is 6.51. The fourth-order valence-corrected chi connectivity index (χ4v) is 2.37. The molecular weight excluding hydrogens is 266 g/mol. The van der Waals surface area contributed by atoms with E-state index in [-0.39, 0.29) is 5.72 Å². The van der Waals surface area contributed by atoms with Gasteiger partial charge >= 0.3 is 0 Å². The third-order valence-corrected chi connectivity index (χ3v) is 3.77. The number of hydrogen-bond donors (Lipinski definition) is 1. The second-order valence-corrected chi connectivity index (χ2v) is 5.65. The smallest absolute Gasteiger partial charge is 0.120 e. The lowest BCUT2D eigenvalue weighted by Gasteiger charge is -2.38. The summed E-state index contributed by atoms with van der Waals surface area (Å²) in [6.07, 6.45) is 0.890. The quantitative estimate of drug-likeness (QED) is 0.901. The molecular formula is C13H18BrNO. The van der Waals surface area contributed by atoms with Crippen LogP contribution in [0.3, 0.4) is 0 Å². The van der Waals surface area contributed by atoms with Gasteiger partial charge in [0.2, 0.25) is 0 Å². The van der Waals surface area contributed by atoms with Crippen molar-refractivity contribution in [3.05, 3.63) is 34.3 Å². The summed E-state index contributed by atoms with van der Waals surface area (Å²) in [7, 11) is 0. The Morgan fingerprint density at radius 2 is 2.25 bits per heavy atom. The van der Waals surface area contributed by atoms with E-state index < -0.39 is 0 Å². The molecule has 2 unspecified atom stereocenters. The first-order chi connectivity index (χ1) is 7.59. The van der Waals surface area contributed by atoms with Gasteiger partial charge in [-0.05, 0) is 24.5 Å². The predicted molar refractivity (Wildman–Crippen MR) is 69.4 cm³/mol. The largest absolute Gasteiger partial charge is 0.360 e. The molecule has 1 saturated heterocycles. The Balaban J connectivity index is 2.07. The van der Waals surface area contributed by atoms with Gasteiger partial charge in [-0.2, -0.15) is 0 Å². The van der Waals surface area contributed by atoms with E-state index in [0.29, 0.717) is 5.92 Å². The van der Waals surface area contributed by atoms with Crippen molar-refractivity contribution in [1.82, 2.24) is 5.32 Å². The monoisotopic (exact) mass is 283 g/mol. The van der Waals surface area contributed by atoms with Gasteiger partial charge in [-0.1, -0.05) is 41.1 Å². The summed E-state index contributed by atoms with van der Waals surface area (Å²) in [4.78, 5) is 0. The van der Waals surface area contributed by atoms with Crippen molar-refractivity contribution in [1.29, 1.82) is 0 Å². The van der Waals surface area contributed by atoms with Crippen LogP contribution >= 0.6 is 15.9 Å². The highest BCUT2D eigenvalue weighted by molar-refractivity contribution is 9.10. The van der Waals surface area contributed by atoms with Gasteiger partial charge in [0.15, 0.2) is 0 Å². The van der Waals surface area contributed by atoms with E-state index >= 15 is 0 Å². The molecule has 2 rings (SSSR count). The summed E-state index contributed by atoms with van der Waals surface area (Å²) in [5, 5.41) is 3.48. The van der Waals surface area contributed by atoms with Gasteiger partial charge in [0.05, 0.1) is 6.61 Å². The van der Waals surface area contributed by atoms with Crippen LogP contribution in [0, 0.1) is 5.92 Å². The van der Waals surface area contributed by atoms with Gasteiger partial charge in [0.1, 0.15) is 5.72 Å². The van der Waals surface area contributed by atoms with Gasteiger partial charge in [-0.3, -0.25) is 5.32 Å². The topological polar surface area (TPSA) is 21.3 Å². The molecule has 2 atom stereocenters. The number of benzene rings is 1. The zero-order valence-electron chi connectivity index (χ0n) is 9.79. The highest BCUT2D eigenvalue weighted by Crippen LogP contribution is 2.24. The van der Waals surface area contributed by atoms with E-state index in [1.165, 1.54) is 5.56 Å². The van der Waals surface area contributed by atoms with Crippen molar-refractivity contribution in [2.24, 2.45) is 5.92 Å². The Morgan fingerprint density at radius 1 is 1.50 bits per heavy atom. The van der Waals surface area contributed by atoms with Crippen LogP contribution in [0.4, 0.5) is 0 Å². The second-order valence-electron chi connectivity index (χ2n) is 4.80. The number of rotatable bonds is 2. The molecule has 0 saturated carbocycles. The maximum atomic E-state index is 5.90. The normalized spacial score (nSPS) is 30.3. The van der Waals surface area contributed by atoms with Crippen molar-refractivity contribution in [2.45, 2.75) is 26.0 Å². The van der Waals surface area contributed by atoms with Gasteiger partial charge in [-0.25, -0.2) is 0 Å². The van der Waals surface area contributed by atoms with Crippen LogP contribution in [0.5, 0.6) is 0 Å². The van der Waals surface area contributed by atoms with Crippen LogP contribution < -0.4 is 5.32 Å². The molecule has 0 amide bonds.